The summed E-state index contributed by atoms with van der Waals surface area (Å²) in [5, 5.41) is 4.81. The summed E-state index contributed by atoms with van der Waals surface area (Å²) in [6.07, 6.45) is 4.43. The number of pyridine rings is 1. The van der Waals surface area contributed by atoms with Gasteiger partial charge in [-0.05, 0) is 42.7 Å². The van der Waals surface area contributed by atoms with Crippen molar-refractivity contribution in [3.8, 4) is 11.4 Å². The topological polar surface area (TPSA) is 97.6 Å². The molecule has 3 aromatic rings. The molecule has 3 heterocycles. The van der Waals surface area contributed by atoms with E-state index in [0.717, 1.165) is 0 Å². The third-order valence-corrected chi connectivity index (χ3v) is 8.70. The quantitative estimate of drug-likeness (QED) is 0.448. The monoisotopic (exact) mass is 547 g/mol. The average molecular weight is 548 g/mol. The molecule has 2 atom stereocenters. The van der Waals surface area contributed by atoms with E-state index < -0.39 is 27.9 Å². The smallest absolute Gasteiger partial charge is 0.316 e. The number of halogens is 2. The van der Waals surface area contributed by atoms with Gasteiger partial charge in [0.05, 0.1) is 17.6 Å². The number of hydrogen-bond acceptors (Lipinski definition) is 7. The van der Waals surface area contributed by atoms with Crippen molar-refractivity contribution in [1.29, 1.82) is 0 Å². The Labute approximate surface area is 219 Å². The second-order valence-corrected chi connectivity index (χ2v) is 11.6. The maximum absolute atomic E-state index is 13.9. The zero-order valence-corrected chi connectivity index (χ0v) is 21.6. The lowest BCUT2D eigenvalue weighted by Gasteiger charge is -2.36. The normalized spacial score (nSPS) is 20.8. The van der Waals surface area contributed by atoms with E-state index in [2.05, 4.69) is 10.1 Å². The van der Waals surface area contributed by atoms with Crippen molar-refractivity contribution in [3.05, 3.63) is 75.9 Å². The molecule has 9 nitrogen and oxygen atoms in total. The second-order valence-electron chi connectivity index (χ2n) is 9.21. The minimum absolute atomic E-state index is 0.0840. The molecule has 2 aliphatic rings. The lowest BCUT2D eigenvalue weighted by molar-refractivity contribution is 0.193. The van der Waals surface area contributed by atoms with Crippen LogP contribution in [0.3, 0.4) is 0 Å². The van der Waals surface area contributed by atoms with Crippen LogP contribution in [0.1, 0.15) is 24.8 Å². The highest BCUT2D eigenvalue weighted by Gasteiger charge is 2.32. The van der Waals surface area contributed by atoms with E-state index in [1.54, 1.807) is 55.0 Å². The molecule has 0 bridgehead atoms. The van der Waals surface area contributed by atoms with E-state index >= 15 is 0 Å². The molecule has 1 aliphatic heterocycles. The number of alkyl halides is 1. The van der Waals surface area contributed by atoms with Crippen molar-refractivity contribution in [2.75, 3.05) is 31.1 Å². The van der Waals surface area contributed by atoms with E-state index in [9.17, 15) is 17.6 Å². The van der Waals surface area contributed by atoms with Gasteiger partial charge in [-0.1, -0.05) is 23.7 Å². The number of sulfonamides is 1. The Bertz CT molecular complexity index is 1410. The highest BCUT2D eigenvalue weighted by Crippen LogP contribution is 2.31. The van der Waals surface area contributed by atoms with Gasteiger partial charge in [0, 0.05) is 50.0 Å². The van der Waals surface area contributed by atoms with E-state index in [0.29, 0.717) is 47.9 Å². The Balaban J connectivity index is 1.39. The first kappa shape index (κ1) is 25.6. The van der Waals surface area contributed by atoms with Gasteiger partial charge < -0.3 is 9.64 Å². The van der Waals surface area contributed by atoms with Crippen LogP contribution in [0.15, 0.2) is 59.8 Å². The van der Waals surface area contributed by atoms with Gasteiger partial charge in [-0.25, -0.2) is 12.8 Å². The summed E-state index contributed by atoms with van der Waals surface area (Å²) in [4.78, 5) is 19.4. The first-order valence-corrected chi connectivity index (χ1v) is 14.1. The fraction of sp³-hybridized carbons (Fsp3) is 0.400. The first-order chi connectivity index (χ1) is 17.8. The molecule has 196 valence electrons. The molecule has 12 heteroatoms. The summed E-state index contributed by atoms with van der Waals surface area (Å²) in [5.41, 5.74) is 1.09. The summed E-state index contributed by atoms with van der Waals surface area (Å²) in [6, 6.07) is 10.2. The third-order valence-electron chi connectivity index (χ3n) is 6.62. The minimum atomic E-state index is -3.53. The van der Waals surface area contributed by atoms with Gasteiger partial charge in [-0.2, -0.15) is 14.1 Å². The summed E-state index contributed by atoms with van der Waals surface area (Å²) < 4.78 is 48.5. The lowest BCUT2D eigenvalue weighted by Crippen LogP contribution is -2.49. The minimum Gasteiger partial charge on any atom is -0.483 e. The molecule has 2 unspecified atom stereocenters. The van der Waals surface area contributed by atoms with Crippen LogP contribution in [0.25, 0.3) is 5.69 Å². The number of nitrogens with zero attached hydrogens (tertiary/aromatic N) is 5. The summed E-state index contributed by atoms with van der Waals surface area (Å²) in [6.45, 7) is 1.19. The van der Waals surface area contributed by atoms with Gasteiger partial charge in [0.15, 0.2) is 0 Å². The van der Waals surface area contributed by atoms with Crippen LogP contribution >= 0.6 is 11.6 Å². The molecule has 37 heavy (non-hydrogen) atoms. The summed E-state index contributed by atoms with van der Waals surface area (Å²) in [5.74, 6) is -0.0425. The van der Waals surface area contributed by atoms with Gasteiger partial charge in [-0.15, -0.1) is 0 Å². The Morgan fingerprint density at radius 3 is 2.57 bits per heavy atom. The molecule has 0 amide bonds. The fourth-order valence-corrected chi connectivity index (χ4v) is 6.39. The van der Waals surface area contributed by atoms with Crippen LogP contribution in [0.5, 0.6) is 5.75 Å². The Kier molecular flexibility index (Phi) is 7.45. The van der Waals surface area contributed by atoms with Crippen molar-refractivity contribution in [1.82, 2.24) is 19.1 Å². The molecule has 2 fully saturated rings. The molecule has 1 aromatic carbocycles. The van der Waals surface area contributed by atoms with Crippen molar-refractivity contribution in [2.45, 2.75) is 37.3 Å². The van der Waals surface area contributed by atoms with Crippen LogP contribution in [0.2, 0.25) is 5.02 Å². The highest BCUT2D eigenvalue weighted by molar-refractivity contribution is 7.88. The molecule has 1 saturated carbocycles. The van der Waals surface area contributed by atoms with Crippen molar-refractivity contribution >= 4 is 27.3 Å². The fourth-order valence-electron chi connectivity index (χ4n) is 4.71. The van der Waals surface area contributed by atoms with Crippen LogP contribution in [0, 0.1) is 0 Å². The van der Waals surface area contributed by atoms with Gasteiger partial charge in [0.1, 0.15) is 18.0 Å². The number of anilines is 1. The molecule has 0 N–H and O–H groups in total. The second kappa shape index (κ2) is 10.8. The molecule has 0 spiro atoms. The first-order valence-electron chi connectivity index (χ1n) is 12.1. The summed E-state index contributed by atoms with van der Waals surface area (Å²) in [7, 11) is -3.53. The SMILES string of the molecule is O=c1c(OC2CCC(F)C2)c(N2CCN(S(=O)(=O)Cc3cccnc3)CC2)cnn1-c1cccc(Cl)c1. The number of hydrogen-bond donors (Lipinski definition) is 0. The van der Waals surface area contributed by atoms with Crippen molar-refractivity contribution < 1.29 is 17.5 Å². The average Bonchev–Trinajstić information content (AvgIpc) is 3.30. The molecule has 1 aliphatic carbocycles. The van der Waals surface area contributed by atoms with E-state index in [4.69, 9.17) is 16.3 Å². The molecule has 1 saturated heterocycles. The molecule has 0 radical (unpaired) electrons. The number of benzene rings is 1. The lowest BCUT2D eigenvalue weighted by atomic mass is 10.2. The van der Waals surface area contributed by atoms with Crippen LogP contribution in [-0.4, -0.2) is 65.9 Å². The maximum Gasteiger partial charge on any atom is 0.316 e. The van der Waals surface area contributed by atoms with Crippen LogP contribution in [0.4, 0.5) is 10.1 Å². The maximum atomic E-state index is 13.9. The number of aromatic nitrogens is 3. The zero-order chi connectivity index (χ0) is 26.0. The van der Waals surface area contributed by atoms with E-state index in [1.165, 1.54) is 8.99 Å². The predicted molar refractivity (Wildman–Crippen MR) is 139 cm³/mol. The molecule has 2 aromatic heterocycles. The third kappa shape index (κ3) is 5.78. The van der Waals surface area contributed by atoms with E-state index in [1.807, 2.05) is 4.90 Å². The van der Waals surface area contributed by atoms with Crippen molar-refractivity contribution in [3.63, 3.8) is 0 Å². The molecule has 5 rings (SSSR count). The van der Waals surface area contributed by atoms with E-state index in [-0.39, 0.29) is 31.0 Å². The standard InChI is InChI=1S/C25H27ClFN5O4S/c26-19-4-1-5-21(13-19)32-25(33)24(36-22-7-6-20(27)14-22)23(16-29-32)30-9-11-31(12-10-30)37(34,35)17-18-3-2-8-28-15-18/h1-5,8,13,15-16,20,22H,6-7,9-12,14,17H2. The Morgan fingerprint density at radius 1 is 1.08 bits per heavy atom. The molecular formula is C25H27ClFN5O4S. The zero-order valence-electron chi connectivity index (χ0n) is 20.0. The van der Waals surface area contributed by atoms with Gasteiger partial charge in [0.2, 0.25) is 15.8 Å². The number of ether oxygens (including phenoxy) is 1. The summed E-state index contributed by atoms with van der Waals surface area (Å²) >= 11 is 6.11. The van der Waals surface area contributed by atoms with Crippen LogP contribution in [-0.2, 0) is 15.8 Å². The highest BCUT2D eigenvalue weighted by atomic mass is 35.5. The Morgan fingerprint density at radius 2 is 1.89 bits per heavy atom. The Hall–Kier alpha value is -3.02. The van der Waals surface area contributed by atoms with Gasteiger partial charge in [-0.3, -0.25) is 9.78 Å². The predicted octanol–water partition coefficient (Wildman–Crippen LogP) is 3.20. The molecular weight excluding hydrogens is 521 g/mol. The van der Waals surface area contributed by atoms with Crippen LogP contribution < -0.4 is 15.2 Å². The largest absolute Gasteiger partial charge is 0.483 e. The van der Waals surface area contributed by atoms with Gasteiger partial charge in [0.25, 0.3) is 0 Å². The van der Waals surface area contributed by atoms with Crippen molar-refractivity contribution in [2.24, 2.45) is 0 Å². The number of rotatable bonds is 7. The van der Waals surface area contributed by atoms with Gasteiger partial charge >= 0.3 is 5.56 Å². The number of piperazine rings is 1.